The van der Waals surface area contributed by atoms with Crippen molar-refractivity contribution in [3.8, 4) is 11.5 Å². The largest absolute Gasteiger partial charge is 0.497 e. The second kappa shape index (κ2) is 11.3. The third-order valence-corrected chi connectivity index (χ3v) is 4.28. The molecule has 0 unspecified atom stereocenters. The Balaban J connectivity index is 0.000000181. The number of carbonyl (C=O) groups is 1. The summed E-state index contributed by atoms with van der Waals surface area (Å²) in [7, 11) is 3.24. The summed E-state index contributed by atoms with van der Waals surface area (Å²) in [6.45, 7) is 0.796. The molecule has 166 valence electrons. The van der Waals surface area contributed by atoms with Gasteiger partial charge < -0.3 is 14.6 Å². The van der Waals surface area contributed by atoms with Crippen LogP contribution in [0.25, 0.3) is 0 Å². The minimum Gasteiger partial charge on any atom is -0.497 e. The maximum Gasteiger partial charge on any atom is 0.215 e. The van der Waals surface area contributed by atoms with Crippen LogP contribution in [0, 0.1) is 0 Å². The van der Waals surface area contributed by atoms with Crippen molar-refractivity contribution in [1.29, 1.82) is 0 Å². The van der Waals surface area contributed by atoms with Gasteiger partial charge in [-0.3, -0.25) is 4.79 Å². The quantitative estimate of drug-likeness (QED) is 0.392. The van der Waals surface area contributed by atoms with Crippen LogP contribution in [-0.2, 0) is 19.7 Å². The van der Waals surface area contributed by atoms with Crippen LogP contribution in [0.2, 0.25) is 0 Å². The summed E-state index contributed by atoms with van der Waals surface area (Å²) >= 11 is 0. The Morgan fingerprint density at radius 3 is 1.97 bits per heavy atom. The fourth-order valence-electron chi connectivity index (χ4n) is 2.61. The van der Waals surface area contributed by atoms with Gasteiger partial charge in [0, 0.05) is 0 Å². The summed E-state index contributed by atoms with van der Waals surface area (Å²) in [5.74, 6) is 2.15. The molecule has 0 aliphatic carbocycles. The Labute approximate surface area is 183 Å². The normalized spacial score (nSPS) is 10.2. The van der Waals surface area contributed by atoms with Crippen molar-refractivity contribution in [2.24, 2.45) is 0 Å². The fourth-order valence-corrected chi connectivity index (χ4v) is 2.61. The number of aldehydes is 1. The monoisotopic (exact) mass is 438 g/mol. The number of carbonyl (C=O) groups excluding carboxylic acids is 1. The molecule has 2 aromatic heterocycles. The second-order valence-corrected chi connectivity index (χ2v) is 6.40. The molecule has 0 bridgehead atoms. The van der Waals surface area contributed by atoms with Crippen LogP contribution in [0.5, 0.6) is 11.5 Å². The predicted molar refractivity (Wildman–Crippen MR) is 111 cm³/mol. The SMILES string of the molecule is COc1ccc(Cn2nnc(CO)n2)cc1.COc1ccc(Cn2nnnc2C=O)cc1. The molecule has 32 heavy (non-hydrogen) atoms. The van der Waals surface area contributed by atoms with Gasteiger partial charge in [-0.2, -0.15) is 4.80 Å². The number of aliphatic hydroxyl groups is 1. The summed E-state index contributed by atoms with van der Waals surface area (Å²) in [5.41, 5.74) is 2.04. The molecule has 2 aromatic carbocycles. The molecular formula is C20H22N8O4. The maximum absolute atomic E-state index is 10.6. The molecule has 12 heteroatoms. The van der Waals surface area contributed by atoms with Gasteiger partial charge in [0.05, 0.1) is 27.3 Å². The van der Waals surface area contributed by atoms with Crippen molar-refractivity contribution in [3.63, 3.8) is 0 Å². The predicted octanol–water partition coefficient (Wildman–Crippen LogP) is 0.765. The van der Waals surface area contributed by atoms with Crippen LogP contribution < -0.4 is 9.47 Å². The number of tetrazole rings is 2. The molecule has 0 saturated carbocycles. The van der Waals surface area contributed by atoms with Crippen LogP contribution in [0.1, 0.15) is 27.6 Å². The van der Waals surface area contributed by atoms with Crippen LogP contribution in [-0.4, -0.2) is 66.0 Å². The zero-order chi connectivity index (χ0) is 22.8. The summed E-state index contributed by atoms with van der Waals surface area (Å²) in [4.78, 5) is 12.0. The van der Waals surface area contributed by atoms with Crippen LogP contribution in [0.4, 0.5) is 0 Å². The third kappa shape index (κ3) is 6.15. The number of aromatic nitrogens is 8. The number of nitrogens with zero attached hydrogens (tertiary/aromatic N) is 8. The Hall–Kier alpha value is -4.19. The lowest BCUT2D eigenvalue weighted by molar-refractivity contribution is 0.111. The van der Waals surface area contributed by atoms with E-state index in [-0.39, 0.29) is 12.4 Å². The van der Waals surface area contributed by atoms with Gasteiger partial charge in [0.2, 0.25) is 5.82 Å². The second-order valence-electron chi connectivity index (χ2n) is 6.40. The molecule has 0 saturated heterocycles. The molecule has 12 nitrogen and oxygen atoms in total. The Morgan fingerprint density at radius 1 is 0.875 bits per heavy atom. The number of ether oxygens (including phenoxy) is 2. The Morgan fingerprint density at radius 2 is 1.47 bits per heavy atom. The van der Waals surface area contributed by atoms with E-state index in [1.165, 1.54) is 9.48 Å². The molecule has 4 aromatic rings. The van der Waals surface area contributed by atoms with Gasteiger partial charge in [-0.15, -0.1) is 15.3 Å². The molecule has 0 radical (unpaired) electrons. The van der Waals surface area contributed by atoms with Crippen LogP contribution >= 0.6 is 0 Å². The summed E-state index contributed by atoms with van der Waals surface area (Å²) < 4.78 is 11.5. The van der Waals surface area contributed by atoms with Gasteiger partial charge in [-0.1, -0.05) is 24.3 Å². The van der Waals surface area contributed by atoms with Crippen molar-refractivity contribution in [3.05, 3.63) is 71.3 Å². The van der Waals surface area contributed by atoms with Crippen LogP contribution in [0.15, 0.2) is 48.5 Å². The van der Waals surface area contributed by atoms with E-state index in [1.807, 2.05) is 48.5 Å². The lowest BCUT2D eigenvalue weighted by Crippen LogP contribution is -2.06. The highest BCUT2D eigenvalue weighted by atomic mass is 16.5. The zero-order valence-corrected chi connectivity index (χ0v) is 17.6. The number of aliphatic hydroxyl groups excluding tert-OH is 1. The third-order valence-electron chi connectivity index (χ3n) is 4.28. The topological polar surface area (TPSA) is 143 Å². The molecule has 2 heterocycles. The summed E-state index contributed by atoms with van der Waals surface area (Å²) in [6.07, 6.45) is 0.628. The first-order valence-electron chi connectivity index (χ1n) is 9.50. The van der Waals surface area contributed by atoms with Gasteiger partial charge >= 0.3 is 0 Å². The molecule has 0 amide bonds. The van der Waals surface area contributed by atoms with Crippen molar-refractivity contribution in [2.75, 3.05) is 14.2 Å². The van der Waals surface area contributed by atoms with E-state index in [9.17, 15) is 4.79 Å². The first kappa shape index (κ1) is 22.5. The Bertz CT molecular complexity index is 1110. The van der Waals surface area contributed by atoms with E-state index < -0.39 is 0 Å². The number of hydrogen-bond acceptors (Lipinski definition) is 10. The fraction of sp³-hybridized carbons (Fsp3) is 0.250. The average molecular weight is 438 g/mol. The van der Waals surface area contributed by atoms with Gasteiger partial charge in [-0.25, -0.2) is 4.68 Å². The highest BCUT2D eigenvalue weighted by molar-refractivity contribution is 5.68. The molecule has 0 spiro atoms. The number of hydrogen-bond donors (Lipinski definition) is 1. The van der Waals surface area contributed by atoms with Crippen molar-refractivity contribution >= 4 is 6.29 Å². The minimum absolute atomic E-state index is 0.192. The minimum atomic E-state index is -0.192. The van der Waals surface area contributed by atoms with Crippen molar-refractivity contribution < 1.29 is 19.4 Å². The Kier molecular flexibility index (Phi) is 7.92. The smallest absolute Gasteiger partial charge is 0.215 e. The first-order valence-corrected chi connectivity index (χ1v) is 9.50. The average Bonchev–Trinajstić information content (AvgIpc) is 3.49. The zero-order valence-electron chi connectivity index (χ0n) is 17.6. The van der Waals surface area contributed by atoms with Gasteiger partial charge in [0.1, 0.15) is 18.1 Å². The lowest BCUT2D eigenvalue weighted by Gasteiger charge is -2.03. The highest BCUT2D eigenvalue weighted by Crippen LogP contribution is 2.12. The van der Waals surface area contributed by atoms with E-state index >= 15 is 0 Å². The van der Waals surface area contributed by atoms with Gasteiger partial charge in [0.15, 0.2) is 12.1 Å². The molecule has 4 rings (SSSR count). The van der Waals surface area contributed by atoms with Gasteiger partial charge in [-0.05, 0) is 51.0 Å². The van der Waals surface area contributed by atoms with E-state index in [4.69, 9.17) is 14.6 Å². The van der Waals surface area contributed by atoms with E-state index in [0.717, 1.165) is 22.6 Å². The molecule has 0 atom stereocenters. The lowest BCUT2D eigenvalue weighted by atomic mass is 10.2. The molecule has 0 aliphatic rings. The number of benzene rings is 2. The van der Waals surface area contributed by atoms with E-state index in [2.05, 4.69) is 30.9 Å². The van der Waals surface area contributed by atoms with Crippen LogP contribution in [0.3, 0.4) is 0 Å². The number of rotatable bonds is 8. The maximum atomic E-state index is 10.6. The van der Waals surface area contributed by atoms with Gasteiger partial charge in [0.25, 0.3) is 0 Å². The van der Waals surface area contributed by atoms with E-state index in [1.54, 1.807) is 14.2 Å². The standard InChI is InChI=1S/C10H10N4O2.C10H12N4O2/c1-16-9-4-2-8(3-5-9)6-14-10(7-15)11-12-13-14;1-16-9-4-2-8(3-5-9)6-14-12-10(7-15)11-13-14/h2-5,7H,6H2,1H3;2-5,15H,6-7H2,1H3. The summed E-state index contributed by atoms with van der Waals surface area (Å²) in [5, 5.41) is 31.0. The summed E-state index contributed by atoms with van der Waals surface area (Å²) in [6, 6.07) is 15.1. The van der Waals surface area contributed by atoms with Crippen molar-refractivity contribution in [1.82, 2.24) is 40.4 Å². The molecule has 0 fully saturated rings. The van der Waals surface area contributed by atoms with Crippen molar-refractivity contribution in [2.45, 2.75) is 19.7 Å². The van der Waals surface area contributed by atoms with E-state index in [0.29, 0.717) is 25.2 Å². The molecular weight excluding hydrogens is 416 g/mol. The highest BCUT2D eigenvalue weighted by Gasteiger charge is 2.05. The molecule has 1 N–H and O–H groups in total. The first-order chi connectivity index (χ1) is 15.6. The number of methoxy groups -OCH3 is 2. The molecule has 0 aliphatic heterocycles.